The van der Waals surface area contributed by atoms with Crippen molar-refractivity contribution in [3.05, 3.63) is 58.6 Å². The zero-order chi connectivity index (χ0) is 13.4. The van der Waals surface area contributed by atoms with E-state index >= 15 is 0 Å². The normalized spacial score (nSPS) is 20.8. The highest BCUT2D eigenvalue weighted by molar-refractivity contribution is 6.30. The number of benzene rings is 2. The van der Waals surface area contributed by atoms with Crippen LogP contribution in [-0.4, -0.2) is 7.11 Å². The molecule has 0 bridgehead atoms. The Balaban J connectivity index is 1.92. The molecular weight excluding hydrogens is 260 g/mol. The molecule has 2 nitrogen and oxygen atoms in total. The van der Waals surface area contributed by atoms with Gasteiger partial charge in [0.05, 0.1) is 7.11 Å². The van der Waals surface area contributed by atoms with Crippen LogP contribution >= 0.6 is 11.6 Å². The summed E-state index contributed by atoms with van der Waals surface area (Å²) in [6.07, 6.45) is 0.0411. The molecular formula is C16H15ClO2. The van der Waals surface area contributed by atoms with Crippen LogP contribution in [0.1, 0.15) is 30.1 Å². The van der Waals surface area contributed by atoms with Crippen LogP contribution in [0.15, 0.2) is 42.5 Å². The van der Waals surface area contributed by atoms with Crippen molar-refractivity contribution in [2.24, 2.45) is 0 Å². The van der Waals surface area contributed by atoms with Gasteiger partial charge < -0.3 is 9.47 Å². The number of hydrogen-bond donors (Lipinski definition) is 0. The maximum Gasteiger partial charge on any atom is 0.130 e. The maximum atomic E-state index is 6.05. The van der Waals surface area contributed by atoms with Gasteiger partial charge in [-0.15, -0.1) is 0 Å². The van der Waals surface area contributed by atoms with E-state index in [0.29, 0.717) is 5.92 Å². The summed E-state index contributed by atoms with van der Waals surface area (Å²) in [7, 11) is 1.67. The van der Waals surface area contributed by atoms with Crippen LogP contribution in [0.4, 0.5) is 0 Å². The van der Waals surface area contributed by atoms with Gasteiger partial charge in [-0.05, 0) is 35.9 Å². The first-order valence-corrected chi connectivity index (χ1v) is 6.67. The molecule has 1 aliphatic heterocycles. The van der Waals surface area contributed by atoms with Crippen molar-refractivity contribution < 1.29 is 9.47 Å². The fourth-order valence-corrected chi connectivity index (χ4v) is 2.72. The Bertz CT molecular complexity index is 592. The van der Waals surface area contributed by atoms with Crippen LogP contribution in [0, 0.1) is 0 Å². The van der Waals surface area contributed by atoms with E-state index in [1.807, 2.05) is 42.5 Å². The Labute approximate surface area is 117 Å². The van der Waals surface area contributed by atoms with Gasteiger partial charge in [0.25, 0.3) is 0 Å². The van der Waals surface area contributed by atoms with E-state index < -0.39 is 0 Å². The number of hydrogen-bond acceptors (Lipinski definition) is 2. The van der Waals surface area contributed by atoms with E-state index in [-0.39, 0.29) is 6.10 Å². The van der Waals surface area contributed by atoms with Crippen LogP contribution < -0.4 is 9.47 Å². The van der Waals surface area contributed by atoms with E-state index in [9.17, 15) is 0 Å². The van der Waals surface area contributed by atoms with Crippen molar-refractivity contribution in [1.82, 2.24) is 0 Å². The summed E-state index contributed by atoms with van der Waals surface area (Å²) >= 11 is 6.05. The fourth-order valence-electron chi connectivity index (χ4n) is 2.53. The molecule has 2 aromatic carbocycles. The maximum absolute atomic E-state index is 6.05. The van der Waals surface area contributed by atoms with Gasteiger partial charge in [0, 0.05) is 16.5 Å². The molecule has 1 aliphatic rings. The summed E-state index contributed by atoms with van der Waals surface area (Å²) in [6.45, 7) is 2.16. The first-order chi connectivity index (χ1) is 9.19. The molecule has 3 heteroatoms. The highest BCUT2D eigenvalue weighted by Gasteiger charge is 2.32. The Morgan fingerprint density at radius 3 is 2.53 bits per heavy atom. The molecule has 0 spiro atoms. The zero-order valence-corrected chi connectivity index (χ0v) is 11.6. The molecule has 0 aromatic heterocycles. The number of ether oxygens (including phenoxy) is 2. The van der Waals surface area contributed by atoms with Crippen LogP contribution in [0.3, 0.4) is 0 Å². The average molecular weight is 275 g/mol. The third kappa shape index (κ3) is 2.17. The SMILES string of the molecule is COc1ccc([C@@H]2Oc3ccc(Cl)cc3[C@H]2C)cc1. The van der Waals surface area contributed by atoms with Crippen molar-refractivity contribution in [3.8, 4) is 11.5 Å². The molecule has 1 heterocycles. The fraction of sp³-hybridized carbons (Fsp3) is 0.250. The molecule has 0 unspecified atom stereocenters. The molecule has 3 rings (SSSR count). The molecule has 98 valence electrons. The Morgan fingerprint density at radius 2 is 1.84 bits per heavy atom. The van der Waals surface area contributed by atoms with Crippen molar-refractivity contribution in [3.63, 3.8) is 0 Å². The predicted molar refractivity (Wildman–Crippen MR) is 76.2 cm³/mol. The molecule has 2 atom stereocenters. The second-order valence-electron chi connectivity index (χ2n) is 4.78. The molecule has 0 aliphatic carbocycles. The van der Waals surface area contributed by atoms with Crippen molar-refractivity contribution in [1.29, 1.82) is 0 Å². The zero-order valence-electron chi connectivity index (χ0n) is 10.9. The number of halogens is 1. The monoisotopic (exact) mass is 274 g/mol. The van der Waals surface area contributed by atoms with Gasteiger partial charge in [-0.2, -0.15) is 0 Å². The van der Waals surface area contributed by atoms with Gasteiger partial charge in [0.1, 0.15) is 17.6 Å². The minimum absolute atomic E-state index is 0.0411. The van der Waals surface area contributed by atoms with Crippen molar-refractivity contribution >= 4 is 11.6 Å². The van der Waals surface area contributed by atoms with Crippen LogP contribution in [0.5, 0.6) is 11.5 Å². The Kier molecular flexibility index (Phi) is 3.11. The molecule has 0 radical (unpaired) electrons. The van der Waals surface area contributed by atoms with E-state index in [4.69, 9.17) is 21.1 Å². The van der Waals surface area contributed by atoms with Gasteiger partial charge in [-0.25, -0.2) is 0 Å². The molecule has 0 saturated carbocycles. The van der Waals surface area contributed by atoms with Crippen LogP contribution in [-0.2, 0) is 0 Å². The van der Waals surface area contributed by atoms with Crippen LogP contribution in [0.25, 0.3) is 0 Å². The highest BCUT2D eigenvalue weighted by atomic mass is 35.5. The van der Waals surface area contributed by atoms with E-state index in [2.05, 4.69) is 6.92 Å². The van der Waals surface area contributed by atoms with Gasteiger partial charge >= 0.3 is 0 Å². The molecule has 0 N–H and O–H groups in total. The third-order valence-corrected chi connectivity index (χ3v) is 3.85. The lowest BCUT2D eigenvalue weighted by atomic mass is 9.93. The summed E-state index contributed by atoms with van der Waals surface area (Å²) in [6, 6.07) is 13.8. The summed E-state index contributed by atoms with van der Waals surface area (Å²) in [5.41, 5.74) is 2.33. The Hall–Kier alpha value is -1.67. The summed E-state index contributed by atoms with van der Waals surface area (Å²) in [5, 5.41) is 0.754. The smallest absolute Gasteiger partial charge is 0.130 e. The summed E-state index contributed by atoms with van der Waals surface area (Å²) in [5.74, 6) is 2.08. The molecule has 0 amide bonds. The van der Waals surface area contributed by atoms with Crippen LogP contribution in [0.2, 0.25) is 5.02 Å². The first kappa shape index (κ1) is 12.4. The standard InChI is InChI=1S/C16H15ClO2/c1-10-14-9-12(17)5-8-15(14)19-16(10)11-3-6-13(18-2)7-4-11/h3-10,16H,1-2H3/t10-,16-/m1/s1. The summed E-state index contributed by atoms with van der Waals surface area (Å²) in [4.78, 5) is 0. The molecule has 19 heavy (non-hydrogen) atoms. The van der Waals surface area contributed by atoms with E-state index in [1.54, 1.807) is 7.11 Å². The quantitative estimate of drug-likeness (QED) is 0.798. The third-order valence-electron chi connectivity index (χ3n) is 3.61. The van der Waals surface area contributed by atoms with Gasteiger partial charge in [0.2, 0.25) is 0 Å². The predicted octanol–water partition coefficient (Wildman–Crippen LogP) is 4.59. The van der Waals surface area contributed by atoms with E-state index in [0.717, 1.165) is 22.1 Å². The molecule has 0 fully saturated rings. The number of rotatable bonds is 2. The van der Waals surface area contributed by atoms with Crippen molar-refractivity contribution in [2.45, 2.75) is 18.9 Å². The van der Waals surface area contributed by atoms with Gasteiger partial charge in [-0.1, -0.05) is 30.7 Å². The minimum atomic E-state index is 0.0411. The molecule has 2 aromatic rings. The lowest BCUT2D eigenvalue weighted by Gasteiger charge is -2.16. The second kappa shape index (κ2) is 4.78. The van der Waals surface area contributed by atoms with Gasteiger partial charge in [0.15, 0.2) is 0 Å². The Morgan fingerprint density at radius 1 is 1.11 bits per heavy atom. The number of methoxy groups -OCH3 is 1. The molecule has 0 saturated heterocycles. The minimum Gasteiger partial charge on any atom is -0.497 e. The second-order valence-corrected chi connectivity index (χ2v) is 5.22. The van der Waals surface area contributed by atoms with E-state index in [1.165, 1.54) is 5.56 Å². The summed E-state index contributed by atoms with van der Waals surface area (Å²) < 4.78 is 11.2. The van der Waals surface area contributed by atoms with Crippen molar-refractivity contribution in [2.75, 3.05) is 7.11 Å². The lowest BCUT2D eigenvalue weighted by Crippen LogP contribution is -2.07. The largest absolute Gasteiger partial charge is 0.497 e. The number of fused-ring (bicyclic) bond motifs is 1. The highest BCUT2D eigenvalue weighted by Crippen LogP contribution is 2.46. The lowest BCUT2D eigenvalue weighted by molar-refractivity contribution is 0.216. The average Bonchev–Trinajstić information content (AvgIpc) is 2.76. The topological polar surface area (TPSA) is 18.5 Å². The van der Waals surface area contributed by atoms with Gasteiger partial charge in [-0.3, -0.25) is 0 Å². The first-order valence-electron chi connectivity index (χ1n) is 6.29.